The first-order valence-corrected chi connectivity index (χ1v) is 11.9. The third kappa shape index (κ3) is 3.60. The Bertz CT molecular complexity index is 1670. The van der Waals surface area contributed by atoms with Crippen molar-refractivity contribution in [2.24, 2.45) is 0 Å². The van der Waals surface area contributed by atoms with Gasteiger partial charge in [-0.1, -0.05) is 12.1 Å². The molecule has 0 unspecified atom stereocenters. The lowest BCUT2D eigenvalue weighted by molar-refractivity contribution is -0.384. The number of benzene rings is 3. The molecule has 5 aromatic rings. The molecule has 0 radical (unpaired) electrons. The van der Waals surface area contributed by atoms with Crippen LogP contribution in [-0.4, -0.2) is 37.6 Å². The van der Waals surface area contributed by atoms with Crippen molar-refractivity contribution < 1.29 is 23.9 Å². The molecule has 0 saturated heterocycles. The number of esters is 1. The number of hydrogen-bond acceptors (Lipinski definition) is 9. The molecule has 10 nitrogen and oxygen atoms in total. The number of carbonyl (C=O) groups excluding carboxylic acids is 1. The third-order valence-electron chi connectivity index (χ3n) is 6.05. The molecule has 0 aliphatic carbocycles. The number of hydrogen-bond donors (Lipinski definition) is 0. The van der Waals surface area contributed by atoms with Crippen LogP contribution in [0.4, 0.5) is 5.69 Å². The van der Waals surface area contributed by atoms with Gasteiger partial charge in [0.15, 0.2) is 11.5 Å². The molecule has 0 fully saturated rings. The summed E-state index contributed by atoms with van der Waals surface area (Å²) in [5, 5.41) is 12.2. The zero-order valence-electron chi connectivity index (χ0n) is 19.0. The number of ether oxygens (including phenoxy) is 3. The molecule has 0 saturated carbocycles. The first-order valence-electron chi connectivity index (χ1n) is 11.1. The van der Waals surface area contributed by atoms with Gasteiger partial charge in [0.05, 0.1) is 28.8 Å². The predicted molar refractivity (Wildman–Crippen MR) is 133 cm³/mol. The van der Waals surface area contributed by atoms with Crippen molar-refractivity contribution in [3.8, 4) is 22.6 Å². The van der Waals surface area contributed by atoms with E-state index in [2.05, 4.69) is 8.75 Å². The van der Waals surface area contributed by atoms with Crippen LogP contribution >= 0.6 is 11.7 Å². The van der Waals surface area contributed by atoms with E-state index in [4.69, 9.17) is 14.2 Å². The molecule has 0 spiro atoms. The average molecular weight is 503 g/mol. The van der Waals surface area contributed by atoms with Crippen LogP contribution in [0.5, 0.6) is 11.5 Å². The van der Waals surface area contributed by atoms with Crippen molar-refractivity contribution >= 4 is 45.3 Å². The highest BCUT2D eigenvalue weighted by Gasteiger charge is 2.27. The van der Waals surface area contributed by atoms with Crippen molar-refractivity contribution in [2.75, 3.05) is 13.4 Å². The summed E-state index contributed by atoms with van der Waals surface area (Å²) in [7, 11) is 0. The lowest BCUT2D eigenvalue weighted by Crippen LogP contribution is -2.14. The number of nitro groups is 1. The fraction of sp³-hybridized carbons (Fsp3) is 0.160. The summed E-state index contributed by atoms with van der Waals surface area (Å²) in [4.78, 5) is 24.6. The van der Waals surface area contributed by atoms with Gasteiger partial charge in [0.1, 0.15) is 16.7 Å². The van der Waals surface area contributed by atoms with Crippen LogP contribution in [0.25, 0.3) is 33.1 Å². The molecule has 36 heavy (non-hydrogen) atoms. The number of non-ortho nitro benzene ring substituents is 1. The zero-order valence-corrected chi connectivity index (χ0v) is 19.8. The minimum absolute atomic E-state index is 0.0733. The maximum Gasteiger partial charge on any atom is 0.355 e. The molecule has 3 aromatic carbocycles. The molecule has 3 heterocycles. The van der Waals surface area contributed by atoms with Crippen LogP contribution in [0.1, 0.15) is 23.0 Å². The molecule has 0 bridgehead atoms. The molecule has 0 amide bonds. The third-order valence-corrected chi connectivity index (χ3v) is 6.60. The van der Waals surface area contributed by atoms with Gasteiger partial charge in [-0.2, -0.15) is 8.75 Å². The molecule has 6 rings (SSSR count). The van der Waals surface area contributed by atoms with Gasteiger partial charge in [0.25, 0.3) is 5.69 Å². The zero-order chi connectivity index (χ0) is 24.8. The lowest BCUT2D eigenvalue weighted by atomic mass is 10.0. The van der Waals surface area contributed by atoms with Crippen LogP contribution in [-0.2, 0) is 11.3 Å². The highest BCUT2D eigenvalue weighted by molar-refractivity contribution is 7.00. The van der Waals surface area contributed by atoms with Crippen LogP contribution < -0.4 is 9.47 Å². The molecule has 1 aliphatic rings. The number of carbonyl (C=O) groups is 1. The Morgan fingerprint density at radius 3 is 2.75 bits per heavy atom. The highest BCUT2D eigenvalue weighted by atomic mass is 32.1. The molecule has 0 atom stereocenters. The van der Waals surface area contributed by atoms with Gasteiger partial charge in [-0.05, 0) is 48.4 Å². The second-order valence-corrected chi connectivity index (χ2v) is 8.67. The van der Waals surface area contributed by atoms with E-state index in [1.807, 2.05) is 41.0 Å². The molecule has 2 aromatic heterocycles. The monoisotopic (exact) mass is 502 g/mol. The van der Waals surface area contributed by atoms with E-state index in [1.165, 1.54) is 12.1 Å². The quantitative estimate of drug-likeness (QED) is 0.177. The van der Waals surface area contributed by atoms with Crippen LogP contribution in [0, 0.1) is 10.1 Å². The molecule has 0 N–H and O–H groups in total. The summed E-state index contributed by atoms with van der Waals surface area (Å²) in [6.45, 7) is 2.37. The molecule has 180 valence electrons. The van der Waals surface area contributed by atoms with Crippen molar-refractivity contribution in [3.63, 3.8) is 0 Å². The predicted octanol–water partition coefficient (Wildman–Crippen LogP) is 5.17. The number of nitro benzene ring substituents is 1. The summed E-state index contributed by atoms with van der Waals surface area (Å²) >= 11 is 1.09. The molecular weight excluding hydrogens is 484 g/mol. The van der Waals surface area contributed by atoms with Crippen molar-refractivity contribution in [1.82, 2.24) is 13.3 Å². The van der Waals surface area contributed by atoms with Crippen LogP contribution in [0.2, 0.25) is 0 Å². The second-order valence-electron chi connectivity index (χ2n) is 8.14. The average Bonchev–Trinajstić information content (AvgIpc) is 3.60. The molecule has 1 aliphatic heterocycles. The first kappa shape index (κ1) is 22.0. The summed E-state index contributed by atoms with van der Waals surface area (Å²) in [5.74, 6) is 0.755. The van der Waals surface area contributed by atoms with E-state index in [0.29, 0.717) is 51.3 Å². The first-order chi connectivity index (χ1) is 17.5. The number of rotatable bonds is 6. The van der Waals surface area contributed by atoms with Gasteiger partial charge >= 0.3 is 5.97 Å². The largest absolute Gasteiger partial charge is 0.461 e. The Hall–Kier alpha value is -4.51. The Kier molecular flexibility index (Phi) is 5.26. The van der Waals surface area contributed by atoms with E-state index in [-0.39, 0.29) is 19.1 Å². The van der Waals surface area contributed by atoms with Gasteiger partial charge in [0.2, 0.25) is 6.79 Å². The Labute approximate surface area is 208 Å². The van der Waals surface area contributed by atoms with E-state index in [1.54, 1.807) is 13.0 Å². The minimum atomic E-state index is -0.524. The van der Waals surface area contributed by atoms with Gasteiger partial charge in [0, 0.05) is 29.6 Å². The standard InChI is InChI=1S/C25H18N4O6S/c1-2-33-25(30)24-23(15-4-6-18-19(10-15)27-36-26-18)17-11-16(29(31)32)5-7-20(17)28(24)12-14-3-8-21-22(9-14)35-13-34-21/h3-11H,2,12-13H2,1H3. The van der Waals surface area contributed by atoms with E-state index >= 15 is 0 Å². The smallest absolute Gasteiger partial charge is 0.355 e. The minimum Gasteiger partial charge on any atom is -0.461 e. The van der Waals surface area contributed by atoms with Crippen LogP contribution in [0.3, 0.4) is 0 Å². The van der Waals surface area contributed by atoms with Crippen molar-refractivity contribution in [1.29, 1.82) is 0 Å². The second kappa shape index (κ2) is 8.61. The summed E-state index contributed by atoms with van der Waals surface area (Å²) in [6, 6.07) is 15.7. The maximum absolute atomic E-state index is 13.4. The topological polar surface area (TPSA) is 119 Å². The number of fused-ring (bicyclic) bond motifs is 3. The van der Waals surface area contributed by atoms with Gasteiger partial charge in [-0.3, -0.25) is 10.1 Å². The maximum atomic E-state index is 13.4. The van der Waals surface area contributed by atoms with E-state index in [9.17, 15) is 14.9 Å². The normalized spacial score (nSPS) is 12.4. The Morgan fingerprint density at radius 2 is 1.92 bits per heavy atom. The Morgan fingerprint density at radius 1 is 1.08 bits per heavy atom. The highest BCUT2D eigenvalue weighted by Crippen LogP contribution is 2.39. The van der Waals surface area contributed by atoms with Crippen molar-refractivity contribution in [2.45, 2.75) is 13.5 Å². The van der Waals surface area contributed by atoms with E-state index < -0.39 is 10.9 Å². The van der Waals surface area contributed by atoms with E-state index in [0.717, 1.165) is 22.8 Å². The van der Waals surface area contributed by atoms with Gasteiger partial charge in [-0.25, -0.2) is 4.79 Å². The van der Waals surface area contributed by atoms with Gasteiger partial charge < -0.3 is 18.8 Å². The molecule has 11 heteroatoms. The van der Waals surface area contributed by atoms with Crippen LogP contribution in [0.15, 0.2) is 54.6 Å². The SMILES string of the molecule is CCOC(=O)c1c(-c2ccc3nsnc3c2)c2cc([N+](=O)[O-])ccc2n1Cc1ccc2c(c1)OCO2. The van der Waals surface area contributed by atoms with Crippen molar-refractivity contribution in [3.05, 3.63) is 76.0 Å². The molecular formula is C25H18N4O6S. The number of aromatic nitrogens is 3. The fourth-order valence-corrected chi connectivity index (χ4v) is 5.00. The van der Waals surface area contributed by atoms with Gasteiger partial charge in [-0.15, -0.1) is 0 Å². The summed E-state index contributed by atoms with van der Waals surface area (Å²) < 4.78 is 26.8. The summed E-state index contributed by atoms with van der Waals surface area (Å²) in [5.41, 5.74) is 4.39. The fourth-order valence-electron chi connectivity index (χ4n) is 4.48. The lowest BCUT2D eigenvalue weighted by Gasteiger charge is -2.12. The Balaban J connectivity index is 1.62. The number of nitrogens with zero attached hydrogens (tertiary/aromatic N) is 4. The summed E-state index contributed by atoms with van der Waals surface area (Å²) in [6.07, 6.45) is 0.